The minimum atomic E-state index is 0.267. The molecule has 0 aliphatic heterocycles. The third kappa shape index (κ3) is 2.46. The van der Waals surface area contributed by atoms with Gasteiger partial charge in [-0.2, -0.15) is 9.97 Å². The first-order chi connectivity index (χ1) is 8.51. The number of benzene rings is 1. The molecule has 18 heavy (non-hydrogen) atoms. The van der Waals surface area contributed by atoms with Crippen molar-refractivity contribution in [1.82, 2.24) is 15.0 Å². The van der Waals surface area contributed by atoms with E-state index in [-0.39, 0.29) is 5.95 Å². The quantitative estimate of drug-likeness (QED) is 0.841. The smallest absolute Gasteiger partial charge is 0.224 e. The average molecular weight is 260 g/mol. The zero-order chi connectivity index (χ0) is 13.3. The summed E-state index contributed by atoms with van der Waals surface area (Å²) in [6.45, 7) is 6.21. The topological polar surface area (TPSA) is 64.7 Å². The van der Waals surface area contributed by atoms with E-state index in [4.69, 9.17) is 5.73 Å². The molecule has 0 aliphatic carbocycles. The van der Waals surface area contributed by atoms with Crippen molar-refractivity contribution < 1.29 is 0 Å². The van der Waals surface area contributed by atoms with Crippen molar-refractivity contribution in [2.75, 3.05) is 12.0 Å². The highest BCUT2D eigenvalue weighted by atomic mass is 32.2. The van der Waals surface area contributed by atoms with Gasteiger partial charge in [0.15, 0.2) is 11.0 Å². The Hall–Kier alpha value is -1.62. The van der Waals surface area contributed by atoms with Crippen LogP contribution in [0.1, 0.15) is 16.7 Å². The number of thioether (sulfide) groups is 1. The molecular formula is C13H16N4S. The number of rotatable bonds is 2. The SMILES string of the molecule is CSc1nc(N)nc(-c2c(C)cc(C)cc2C)n1. The molecule has 94 valence electrons. The molecule has 0 aliphatic rings. The molecule has 0 saturated carbocycles. The lowest BCUT2D eigenvalue weighted by atomic mass is 9.99. The summed E-state index contributed by atoms with van der Waals surface area (Å²) in [7, 11) is 0. The van der Waals surface area contributed by atoms with E-state index in [2.05, 4.69) is 47.9 Å². The fourth-order valence-electron chi connectivity index (χ4n) is 2.11. The van der Waals surface area contributed by atoms with Crippen molar-refractivity contribution in [1.29, 1.82) is 0 Å². The van der Waals surface area contributed by atoms with E-state index in [1.807, 2.05) is 6.26 Å². The number of nitrogens with zero attached hydrogens (tertiary/aromatic N) is 3. The Balaban J connectivity index is 2.65. The molecule has 1 aromatic carbocycles. The summed E-state index contributed by atoms with van der Waals surface area (Å²) in [5, 5.41) is 0.650. The number of aryl methyl sites for hydroxylation is 3. The molecule has 1 heterocycles. The van der Waals surface area contributed by atoms with Gasteiger partial charge in [-0.25, -0.2) is 4.98 Å². The fourth-order valence-corrected chi connectivity index (χ4v) is 2.47. The van der Waals surface area contributed by atoms with Crippen LogP contribution >= 0.6 is 11.8 Å². The van der Waals surface area contributed by atoms with E-state index in [0.29, 0.717) is 11.0 Å². The largest absolute Gasteiger partial charge is 0.368 e. The van der Waals surface area contributed by atoms with E-state index >= 15 is 0 Å². The van der Waals surface area contributed by atoms with Gasteiger partial charge in [-0.1, -0.05) is 29.5 Å². The maximum Gasteiger partial charge on any atom is 0.224 e. The number of nitrogen functional groups attached to an aromatic ring is 1. The highest BCUT2D eigenvalue weighted by Crippen LogP contribution is 2.26. The van der Waals surface area contributed by atoms with Gasteiger partial charge in [0.2, 0.25) is 5.95 Å². The maximum atomic E-state index is 5.73. The summed E-state index contributed by atoms with van der Waals surface area (Å²) in [4.78, 5) is 12.8. The van der Waals surface area contributed by atoms with Gasteiger partial charge in [-0.15, -0.1) is 0 Å². The van der Waals surface area contributed by atoms with E-state index in [0.717, 1.165) is 16.7 Å². The summed E-state index contributed by atoms with van der Waals surface area (Å²) < 4.78 is 0. The van der Waals surface area contributed by atoms with Crippen LogP contribution in [0.4, 0.5) is 5.95 Å². The molecule has 0 unspecified atom stereocenters. The van der Waals surface area contributed by atoms with Crippen molar-refractivity contribution in [3.8, 4) is 11.4 Å². The minimum absolute atomic E-state index is 0.267. The van der Waals surface area contributed by atoms with Crippen molar-refractivity contribution >= 4 is 17.7 Å². The van der Waals surface area contributed by atoms with Crippen LogP contribution in [0, 0.1) is 20.8 Å². The number of anilines is 1. The molecule has 5 heteroatoms. The molecule has 4 nitrogen and oxygen atoms in total. The Morgan fingerprint density at radius 2 is 1.61 bits per heavy atom. The van der Waals surface area contributed by atoms with Gasteiger partial charge < -0.3 is 5.73 Å². The van der Waals surface area contributed by atoms with Crippen LogP contribution in [-0.2, 0) is 0 Å². The first-order valence-electron chi connectivity index (χ1n) is 5.65. The summed E-state index contributed by atoms with van der Waals surface area (Å²) in [6.07, 6.45) is 1.92. The van der Waals surface area contributed by atoms with E-state index in [1.165, 1.54) is 17.3 Å². The average Bonchev–Trinajstić information content (AvgIpc) is 2.26. The van der Waals surface area contributed by atoms with Gasteiger partial charge >= 0.3 is 0 Å². The first-order valence-corrected chi connectivity index (χ1v) is 6.87. The molecular weight excluding hydrogens is 244 g/mol. The van der Waals surface area contributed by atoms with Crippen molar-refractivity contribution in [3.63, 3.8) is 0 Å². The molecule has 0 saturated heterocycles. The van der Waals surface area contributed by atoms with Gasteiger partial charge in [0.1, 0.15) is 0 Å². The second-order valence-electron chi connectivity index (χ2n) is 4.28. The molecule has 0 atom stereocenters. The Morgan fingerprint density at radius 1 is 1.00 bits per heavy atom. The Morgan fingerprint density at radius 3 is 2.17 bits per heavy atom. The molecule has 2 aromatic rings. The molecule has 0 fully saturated rings. The normalized spacial score (nSPS) is 10.7. The maximum absolute atomic E-state index is 5.73. The van der Waals surface area contributed by atoms with Gasteiger partial charge in [-0.05, 0) is 38.2 Å². The van der Waals surface area contributed by atoms with Gasteiger partial charge in [0.25, 0.3) is 0 Å². The Labute approximate surface area is 111 Å². The van der Waals surface area contributed by atoms with E-state index in [9.17, 15) is 0 Å². The highest BCUT2D eigenvalue weighted by molar-refractivity contribution is 7.98. The van der Waals surface area contributed by atoms with Crippen LogP contribution in [0.5, 0.6) is 0 Å². The molecule has 1 aromatic heterocycles. The summed E-state index contributed by atoms with van der Waals surface area (Å²) in [5.74, 6) is 0.922. The monoisotopic (exact) mass is 260 g/mol. The molecule has 0 radical (unpaired) electrons. The van der Waals surface area contributed by atoms with Crippen LogP contribution in [0.15, 0.2) is 17.3 Å². The van der Waals surface area contributed by atoms with Gasteiger partial charge in [-0.3, -0.25) is 0 Å². The summed E-state index contributed by atoms with van der Waals surface area (Å²) in [6, 6.07) is 4.25. The predicted octanol–water partition coefficient (Wildman–Crippen LogP) is 2.77. The zero-order valence-corrected chi connectivity index (χ0v) is 11.8. The first kappa shape index (κ1) is 12.8. The third-order valence-electron chi connectivity index (χ3n) is 2.72. The van der Waals surface area contributed by atoms with E-state index in [1.54, 1.807) is 0 Å². The summed E-state index contributed by atoms with van der Waals surface area (Å²) >= 11 is 1.46. The van der Waals surface area contributed by atoms with Gasteiger partial charge in [0, 0.05) is 5.56 Å². The second-order valence-corrected chi connectivity index (χ2v) is 5.05. The molecule has 2 rings (SSSR count). The highest BCUT2D eigenvalue weighted by Gasteiger charge is 2.12. The van der Waals surface area contributed by atoms with Crippen molar-refractivity contribution in [2.24, 2.45) is 0 Å². The lowest BCUT2D eigenvalue weighted by molar-refractivity contribution is 0.924. The van der Waals surface area contributed by atoms with Crippen LogP contribution in [0.3, 0.4) is 0 Å². The van der Waals surface area contributed by atoms with E-state index < -0.39 is 0 Å². The Kier molecular flexibility index (Phi) is 3.52. The third-order valence-corrected chi connectivity index (χ3v) is 3.26. The number of hydrogen-bond donors (Lipinski definition) is 1. The standard InChI is InChI=1S/C13H16N4S/c1-7-5-8(2)10(9(3)6-7)11-15-12(14)17-13(16-11)18-4/h5-6H,1-4H3,(H2,14,15,16,17). The molecule has 0 bridgehead atoms. The van der Waals surface area contributed by atoms with Crippen LogP contribution in [0.2, 0.25) is 0 Å². The van der Waals surface area contributed by atoms with Crippen LogP contribution in [-0.4, -0.2) is 21.2 Å². The van der Waals surface area contributed by atoms with Crippen LogP contribution in [0.25, 0.3) is 11.4 Å². The zero-order valence-electron chi connectivity index (χ0n) is 11.0. The lowest BCUT2D eigenvalue weighted by Gasteiger charge is -2.10. The predicted molar refractivity (Wildman–Crippen MR) is 75.7 cm³/mol. The number of nitrogens with two attached hydrogens (primary N) is 1. The Bertz CT molecular complexity index is 573. The lowest BCUT2D eigenvalue weighted by Crippen LogP contribution is -2.03. The van der Waals surface area contributed by atoms with Gasteiger partial charge in [0.05, 0.1) is 0 Å². The van der Waals surface area contributed by atoms with Crippen LogP contribution < -0.4 is 5.73 Å². The molecule has 0 amide bonds. The fraction of sp³-hybridized carbons (Fsp3) is 0.308. The number of hydrogen-bond acceptors (Lipinski definition) is 5. The van der Waals surface area contributed by atoms with Crippen molar-refractivity contribution in [2.45, 2.75) is 25.9 Å². The number of aromatic nitrogens is 3. The molecule has 2 N–H and O–H groups in total. The second kappa shape index (κ2) is 4.94. The van der Waals surface area contributed by atoms with Crippen molar-refractivity contribution in [3.05, 3.63) is 28.8 Å². The summed E-state index contributed by atoms with van der Waals surface area (Å²) in [5.41, 5.74) is 10.3. The molecule has 0 spiro atoms. The minimum Gasteiger partial charge on any atom is -0.368 e.